The molecule has 1 aromatic carbocycles. The van der Waals surface area contributed by atoms with Crippen LogP contribution < -0.4 is 0 Å². The molecule has 1 N–H and O–H groups in total. The zero-order valence-corrected chi connectivity index (χ0v) is 15.6. The van der Waals surface area contributed by atoms with Gasteiger partial charge in [-0.1, -0.05) is 13.3 Å². The second-order valence-corrected chi connectivity index (χ2v) is 7.76. The highest BCUT2D eigenvalue weighted by Crippen LogP contribution is 2.32. The minimum absolute atomic E-state index is 0.0342. The van der Waals surface area contributed by atoms with E-state index in [-0.39, 0.29) is 17.5 Å². The number of Topliss-reactive ketones (excluding diaryl/α,β-unsaturated/α-hetero) is 1. The van der Waals surface area contributed by atoms with Crippen molar-refractivity contribution in [3.8, 4) is 0 Å². The van der Waals surface area contributed by atoms with Crippen molar-refractivity contribution in [3.63, 3.8) is 0 Å². The molecular weight excluding hydrogens is 329 g/mol. The van der Waals surface area contributed by atoms with Crippen molar-refractivity contribution in [1.82, 2.24) is 14.8 Å². The first-order valence-corrected chi connectivity index (χ1v) is 9.94. The van der Waals surface area contributed by atoms with E-state index in [1.165, 1.54) is 31.5 Å². The van der Waals surface area contributed by atoms with E-state index >= 15 is 0 Å². The molecule has 4 nitrogen and oxygen atoms in total. The molecule has 1 fully saturated rings. The number of hydrogen-bond acceptors (Lipinski definition) is 3. The van der Waals surface area contributed by atoms with E-state index in [1.807, 2.05) is 0 Å². The average molecular weight is 357 g/mol. The van der Waals surface area contributed by atoms with Crippen LogP contribution in [-0.2, 0) is 6.42 Å². The number of ketones is 1. The monoisotopic (exact) mass is 357 g/mol. The molecule has 0 radical (unpaired) electrons. The van der Waals surface area contributed by atoms with Gasteiger partial charge in [0.25, 0.3) is 0 Å². The minimum atomic E-state index is -0.280. The number of nitrogens with zero attached hydrogens (tertiary/aromatic N) is 2. The number of H-pyrrole nitrogens is 1. The van der Waals surface area contributed by atoms with Gasteiger partial charge in [-0.25, -0.2) is 4.39 Å². The van der Waals surface area contributed by atoms with E-state index in [1.54, 1.807) is 6.07 Å². The van der Waals surface area contributed by atoms with Crippen molar-refractivity contribution in [3.05, 3.63) is 35.3 Å². The summed E-state index contributed by atoms with van der Waals surface area (Å²) in [7, 11) is 0. The Kier molecular flexibility index (Phi) is 5.09. The third-order valence-corrected chi connectivity index (χ3v) is 5.97. The fraction of sp³-hybridized carbons (Fsp3) is 0.571. The van der Waals surface area contributed by atoms with Gasteiger partial charge in [0.1, 0.15) is 5.82 Å². The Morgan fingerprint density at radius 3 is 2.73 bits per heavy atom. The Labute approximate surface area is 154 Å². The summed E-state index contributed by atoms with van der Waals surface area (Å²) in [5, 5.41) is 0.749. The maximum absolute atomic E-state index is 13.7. The van der Waals surface area contributed by atoms with Crippen molar-refractivity contribution in [2.24, 2.45) is 5.92 Å². The molecule has 26 heavy (non-hydrogen) atoms. The molecule has 2 aromatic rings. The molecule has 140 valence electrons. The van der Waals surface area contributed by atoms with Gasteiger partial charge in [0, 0.05) is 60.8 Å². The van der Waals surface area contributed by atoms with Gasteiger partial charge in [0.2, 0.25) is 0 Å². The molecule has 1 atom stereocenters. The van der Waals surface area contributed by atoms with Crippen LogP contribution in [0.3, 0.4) is 0 Å². The predicted octanol–water partition coefficient (Wildman–Crippen LogP) is 3.47. The second-order valence-electron chi connectivity index (χ2n) is 7.76. The van der Waals surface area contributed by atoms with Crippen LogP contribution >= 0.6 is 0 Å². The van der Waals surface area contributed by atoms with Crippen LogP contribution in [0, 0.1) is 11.7 Å². The van der Waals surface area contributed by atoms with Gasteiger partial charge in [-0.15, -0.1) is 0 Å². The van der Waals surface area contributed by atoms with Gasteiger partial charge in [0.15, 0.2) is 5.78 Å². The SMILES string of the molecule is CCCCN1CCN(CC2CCc3[nH]c4ccc(F)cc4c3C2=O)CC1. The fourth-order valence-electron chi connectivity index (χ4n) is 4.41. The lowest BCUT2D eigenvalue weighted by atomic mass is 9.84. The predicted molar refractivity (Wildman–Crippen MR) is 102 cm³/mol. The van der Waals surface area contributed by atoms with E-state index in [0.29, 0.717) is 0 Å². The standard InChI is InChI=1S/C21H28FN3O/c1-2-3-8-24-9-11-25(12-10-24)14-15-4-6-19-20(21(15)26)17-13-16(22)5-7-18(17)23-19/h5,7,13,15,23H,2-4,6,8-12,14H2,1H3. The Bertz CT molecular complexity index is 792. The largest absolute Gasteiger partial charge is 0.358 e. The highest BCUT2D eigenvalue weighted by molar-refractivity contribution is 6.11. The topological polar surface area (TPSA) is 39.3 Å². The van der Waals surface area contributed by atoms with Gasteiger partial charge in [-0.05, 0) is 44.0 Å². The third kappa shape index (κ3) is 3.42. The fourth-order valence-corrected chi connectivity index (χ4v) is 4.41. The Balaban J connectivity index is 1.43. The number of carbonyl (C=O) groups excluding carboxylic acids is 1. The van der Waals surface area contributed by atoms with Gasteiger partial charge < -0.3 is 14.8 Å². The molecule has 2 heterocycles. The normalized spacial score (nSPS) is 22.1. The Hall–Kier alpha value is -1.72. The first-order valence-electron chi connectivity index (χ1n) is 9.94. The molecule has 0 amide bonds. The van der Waals surface area contributed by atoms with Gasteiger partial charge in [0.05, 0.1) is 0 Å². The summed E-state index contributed by atoms with van der Waals surface area (Å²) in [5.74, 6) is -0.0547. The number of halogens is 1. The maximum atomic E-state index is 13.7. The first-order chi connectivity index (χ1) is 12.7. The number of fused-ring (bicyclic) bond motifs is 3. The highest BCUT2D eigenvalue weighted by Gasteiger charge is 2.32. The van der Waals surface area contributed by atoms with Crippen molar-refractivity contribution < 1.29 is 9.18 Å². The first kappa shape index (κ1) is 17.7. The van der Waals surface area contributed by atoms with Crippen LogP contribution in [0.25, 0.3) is 10.9 Å². The third-order valence-electron chi connectivity index (χ3n) is 5.97. The number of nitrogens with one attached hydrogen (secondary N) is 1. The Morgan fingerprint density at radius 2 is 1.96 bits per heavy atom. The zero-order valence-electron chi connectivity index (χ0n) is 15.6. The van der Waals surface area contributed by atoms with Crippen LogP contribution in [-0.4, -0.2) is 59.8 Å². The molecule has 1 aliphatic heterocycles. The van der Waals surface area contributed by atoms with E-state index < -0.39 is 0 Å². The summed E-state index contributed by atoms with van der Waals surface area (Å²) < 4.78 is 13.7. The van der Waals surface area contributed by atoms with E-state index in [4.69, 9.17) is 0 Å². The summed E-state index contributed by atoms with van der Waals surface area (Å²) in [5.41, 5.74) is 2.59. The van der Waals surface area contributed by atoms with Gasteiger partial charge in [-0.3, -0.25) is 4.79 Å². The number of piperazine rings is 1. The summed E-state index contributed by atoms with van der Waals surface area (Å²) in [4.78, 5) is 21.4. The van der Waals surface area contributed by atoms with Crippen molar-refractivity contribution in [1.29, 1.82) is 0 Å². The molecule has 0 bridgehead atoms. The molecule has 1 aliphatic carbocycles. The average Bonchev–Trinajstić information content (AvgIpc) is 3.02. The number of aryl methyl sites for hydroxylation is 1. The second kappa shape index (κ2) is 7.49. The number of benzene rings is 1. The maximum Gasteiger partial charge on any atom is 0.169 e. The number of carbonyl (C=O) groups is 1. The zero-order chi connectivity index (χ0) is 18.1. The smallest absolute Gasteiger partial charge is 0.169 e. The highest BCUT2D eigenvalue weighted by atomic mass is 19.1. The minimum Gasteiger partial charge on any atom is -0.358 e. The van der Waals surface area contributed by atoms with Crippen molar-refractivity contribution in [2.45, 2.75) is 32.6 Å². The number of unbranched alkanes of at least 4 members (excludes halogenated alkanes) is 1. The van der Waals surface area contributed by atoms with Crippen LogP contribution in [0.4, 0.5) is 4.39 Å². The van der Waals surface area contributed by atoms with Crippen LogP contribution in [0.1, 0.15) is 42.2 Å². The number of aromatic amines is 1. The summed E-state index contributed by atoms with van der Waals surface area (Å²) >= 11 is 0. The Morgan fingerprint density at radius 1 is 1.19 bits per heavy atom. The van der Waals surface area contributed by atoms with Crippen LogP contribution in [0.5, 0.6) is 0 Å². The molecule has 2 aliphatic rings. The number of aromatic nitrogens is 1. The van der Waals surface area contributed by atoms with E-state index in [0.717, 1.165) is 67.7 Å². The molecule has 5 heteroatoms. The van der Waals surface area contributed by atoms with Crippen LogP contribution in [0.2, 0.25) is 0 Å². The summed E-state index contributed by atoms with van der Waals surface area (Å²) in [6.45, 7) is 8.55. The van der Waals surface area contributed by atoms with Crippen molar-refractivity contribution in [2.75, 3.05) is 39.3 Å². The molecule has 1 saturated heterocycles. The number of rotatable bonds is 5. The lowest BCUT2D eigenvalue weighted by molar-refractivity contribution is 0.0790. The lowest BCUT2D eigenvalue weighted by Gasteiger charge is -2.36. The molecule has 0 saturated carbocycles. The van der Waals surface area contributed by atoms with Gasteiger partial charge in [-0.2, -0.15) is 0 Å². The molecule has 4 rings (SSSR count). The number of hydrogen-bond donors (Lipinski definition) is 1. The molecule has 1 unspecified atom stereocenters. The van der Waals surface area contributed by atoms with Gasteiger partial charge >= 0.3 is 0 Å². The lowest BCUT2D eigenvalue weighted by Crippen LogP contribution is -2.48. The van der Waals surface area contributed by atoms with Crippen molar-refractivity contribution >= 4 is 16.7 Å². The molecule has 0 spiro atoms. The van der Waals surface area contributed by atoms with E-state index in [9.17, 15) is 9.18 Å². The molecular formula is C21H28FN3O. The summed E-state index contributed by atoms with van der Waals surface area (Å²) in [6.07, 6.45) is 4.26. The molecule has 1 aromatic heterocycles. The van der Waals surface area contributed by atoms with E-state index in [2.05, 4.69) is 21.7 Å². The summed E-state index contributed by atoms with van der Waals surface area (Å²) in [6, 6.07) is 4.68. The quantitative estimate of drug-likeness (QED) is 0.891. The van der Waals surface area contributed by atoms with Crippen LogP contribution in [0.15, 0.2) is 18.2 Å².